The van der Waals surface area contributed by atoms with E-state index in [1.165, 1.54) is 24.4 Å². The largest absolute Gasteiger partial charge is 0.490 e. The van der Waals surface area contributed by atoms with Crippen LogP contribution < -0.4 is 19.2 Å². The summed E-state index contributed by atoms with van der Waals surface area (Å²) in [5, 5.41) is 3.87. The van der Waals surface area contributed by atoms with Crippen LogP contribution in [0.4, 0.5) is 18.9 Å². The lowest BCUT2D eigenvalue weighted by molar-refractivity contribution is -0.137. The van der Waals surface area contributed by atoms with Crippen LogP contribution in [0.2, 0.25) is 0 Å². The van der Waals surface area contributed by atoms with Gasteiger partial charge < -0.3 is 9.47 Å². The molecule has 0 bridgehead atoms. The van der Waals surface area contributed by atoms with Gasteiger partial charge in [0.05, 0.1) is 35.6 Å². The second kappa shape index (κ2) is 12.7. The summed E-state index contributed by atoms with van der Waals surface area (Å²) in [5.74, 6) is 0.156. The second-order valence-corrected chi connectivity index (χ2v) is 10.1. The predicted octanol–water partition coefficient (Wildman–Crippen LogP) is 5.16. The summed E-state index contributed by atoms with van der Waals surface area (Å²) in [5.41, 5.74) is 2.20. The van der Waals surface area contributed by atoms with Gasteiger partial charge in [-0.05, 0) is 74.9 Å². The van der Waals surface area contributed by atoms with Gasteiger partial charge in [0.2, 0.25) is 0 Å². The van der Waals surface area contributed by atoms with Gasteiger partial charge in [0.15, 0.2) is 11.5 Å². The fraction of sp³-hybridized carbons (Fsp3) is 0.259. The molecule has 3 aromatic carbocycles. The first-order valence-electron chi connectivity index (χ1n) is 11.9. The van der Waals surface area contributed by atoms with E-state index in [-0.39, 0.29) is 10.6 Å². The van der Waals surface area contributed by atoms with Crippen LogP contribution in [0.15, 0.2) is 76.7 Å². The van der Waals surface area contributed by atoms with E-state index in [0.29, 0.717) is 40.6 Å². The summed E-state index contributed by atoms with van der Waals surface area (Å²) >= 11 is 0. The molecule has 0 aromatic heterocycles. The summed E-state index contributed by atoms with van der Waals surface area (Å²) in [4.78, 5) is 12.6. The first-order valence-corrected chi connectivity index (χ1v) is 13.4. The van der Waals surface area contributed by atoms with Gasteiger partial charge in [0, 0.05) is 0 Å². The van der Waals surface area contributed by atoms with E-state index in [1.54, 1.807) is 37.3 Å². The van der Waals surface area contributed by atoms with Gasteiger partial charge in [0.25, 0.3) is 15.9 Å². The molecule has 0 aliphatic carbocycles. The number of hydrazone groups is 1. The number of alkyl halides is 3. The van der Waals surface area contributed by atoms with E-state index in [9.17, 15) is 26.4 Å². The van der Waals surface area contributed by atoms with Gasteiger partial charge in [-0.1, -0.05) is 23.8 Å². The summed E-state index contributed by atoms with van der Waals surface area (Å²) in [6.45, 7) is 5.44. The number of hydrogen-bond donors (Lipinski definition) is 1. The van der Waals surface area contributed by atoms with Gasteiger partial charge >= 0.3 is 6.18 Å². The standard InChI is InChI=1S/C27H28F3N3O5S/c1-4-37-24-14-11-20(15-25(24)38-5-2)17-31-32-26(34)18-33(22-8-6-7-21(16-22)27(28,29)30)39(35,36)23-12-9-19(3)10-13-23/h6-17H,4-5,18H2,1-3H3,(H,32,34)/b31-17-. The van der Waals surface area contributed by atoms with Crippen molar-refractivity contribution in [3.63, 3.8) is 0 Å². The fourth-order valence-corrected chi connectivity index (χ4v) is 4.90. The molecule has 0 fully saturated rings. The Bertz CT molecular complexity index is 1430. The lowest BCUT2D eigenvalue weighted by atomic mass is 10.2. The molecule has 0 aliphatic heterocycles. The maximum Gasteiger partial charge on any atom is 0.416 e. The van der Waals surface area contributed by atoms with E-state index in [2.05, 4.69) is 10.5 Å². The van der Waals surface area contributed by atoms with Crippen LogP contribution in [0.25, 0.3) is 0 Å². The van der Waals surface area contributed by atoms with Gasteiger partial charge in [0.1, 0.15) is 6.54 Å². The quantitative estimate of drug-likeness (QED) is 0.257. The Kier molecular flexibility index (Phi) is 9.57. The van der Waals surface area contributed by atoms with Crippen molar-refractivity contribution in [2.24, 2.45) is 5.10 Å². The lowest BCUT2D eigenvalue weighted by Crippen LogP contribution is -2.39. The normalized spacial score (nSPS) is 11.8. The van der Waals surface area contributed by atoms with E-state index in [1.807, 2.05) is 13.8 Å². The van der Waals surface area contributed by atoms with E-state index < -0.39 is 34.2 Å². The van der Waals surface area contributed by atoms with Crippen LogP contribution in [-0.2, 0) is 21.0 Å². The molecule has 12 heteroatoms. The topological polar surface area (TPSA) is 97.3 Å². The highest BCUT2D eigenvalue weighted by Crippen LogP contribution is 2.33. The van der Waals surface area contributed by atoms with Crippen molar-refractivity contribution in [2.75, 3.05) is 24.1 Å². The first kappa shape index (κ1) is 29.5. The number of halogens is 3. The van der Waals surface area contributed by atoms with Gasteiger partial charge in [-0.25, -0.2) is 13.8 Å². The number of amides is 1. The summed E-state index contributed by atoms with van der Waals surface area (Å²) in [7, 11) is -4.40. The van der Waals surface area contributed by atoms with Crippen molar-refractivity contribution < 1.29 is 35.9 Å². The minimum atomic E-state index is -4.71. The van der Waals surface area contributed by atoms with Crippen molar-refractivity contribution in [2.45, 2.75) is 31.8 Å². The number of nitrogens with one attached hydrogen (secondary N) is 1. The van der Waals surface area contributed by atoms with E-state index in [0.717, 1.165) is 17.7 Å². The molecule has 39 heavy (non-hydrogen) atoms. The maximum atomic E-state index is 13.4. The Morgan fingerprint density at radius 1 is 0.974 bits per heavy atom. The highest BCUT2D eigenvalue weighted by atomic mass is 32.2. The molecule has 0 heterocycles. The number of sulfonamides is 1. The molecule has 8 nitrogen and oxygen atoms in total. The molecule has 1 N–H and O–H groups in total. The average Bonchev–Trinajstić information content (AvgIpc) is 2.89. The Morgan fingerprint density at radius 2 is 1.64 bits per heavy atom. The summed E-state index contributed by atoms with van der Waals surface area (Å²) in [6, 6.07) is 14.5. The number of carbonyl (C=O) groups is 1. The molecule has 0 saturated carbocycles. The van der Waals surface area contributed by atoms with Crippen LogP contribution in [0.1, 0.15) is 30.5 Å². The molecular formula is C27H28F3N3O5S. The van der Waals surface area contributed by atoms with Crippen molar-refractivity contribution in [1.82, 2.24) is 5.43 Å². The molecule has 0 radical (unpaired) electrons. The van der Waals surface area contributed by atoms with Crippen LogP contribution >= 0.6 is 0 Å². The third kappa shape index (κ3) is 7.73. The van der Waals surface area contributed by atoms with E-state index >= 15 is 0 Å². The minimum Gasteiger partial charge on any atom is -0.490 e. The molecule has 1 amide bonds. The zero-order chi connectivity index (χ0) is 28.6. The molecule has 0 saturated heterocycles. The molecule has 0 spiro atoms. The Morgan fingerprint density at radius 3 is 2.28 bits per heavy atom. The van der Waals surface area contributed by atoms with Crippen molar-refractivity contribution >= 4 is 27.8 Å². The Labute approximate surface area is 225 Å². The molecular weight excluding hydrogens is 535 g/mol. The number of benzene rings is 3. The SMILES string of the molecule is CCOc1ccc(/C=N\NC(=O)CN(c2cccc(C(F)(F)F)c2)S(=O)(=O)c2ccc(C)cc2)cc1OCC. The van der Waals surface area contributed by atoms with Crippen LogP contribution in [0.3, 0.4) is 0 Å². The van der Waals surface area contributed by atoms with Gasteiger partial charge in [-0.2, -0.15) is 18.3 Å². The molecule has 0 atom stereocenters. The zero-order valence-electron chi connectivity index (χ0n) is 21.5. The van der Waals surface area contributed by atoms with Crippen molar-refractivity contribution in [1.29, 1.82) is 0 Å². The van der Waals surface area contributed by atoms with Crippen LogP contribution in [0.5, 0.6) is 11.5 Å². The predicted molar refractivity (Wildman–Crippen MR) is 142 cm³/mol. The number of nitrogens with zero attached hydrogens (tertiary/aromatic N) is 2. The highest BCUT2D eigenvalue weighted by molar-refractivity contribution is 7.92. The second-order valence-electron chi connectivity index (χ2n) is 8.24. The number of hydrogen-bond acceptors (Lipinski definition) is 6. The zero-order valence-corrected chi connectivity index (χ0v) is 22.3. The van der Waals surface area contributed by atoms with Crippen molar-refractivity contribution in [3.05, 3.63) is 83.4 Å². The minimum absolute atomic E-state index is 0.181. The number of anilines is 1. The fourth-order valence-electron chi connectivity index (χ4n) is 3.48. The lowest BCUT2D eigenvalue weighted by Gasteiger charge is -2.24. The summed E-state index contributed by atoms with van der Waals surface area (Å²) < 4.78 is 78.6. The molecule has 3 aromatic rings. The van der Waals surface area contributed by atoms with Crippen LogP contribution in [0, 0.1) is 6.92 Å². The summed E-state index contributed by atoms with van der Waals surface area (Å²) in [6.07, 6.45) is -3.39. The van der Waals surface area contributed by atoms with Gasteiger partial charge in [-0.3, -0.25) is 9.10 Å². The molecule has 0 unspecified atom stereocenters. The van der Waals surface area contributed by atoms with E-state index in [4.69, 9.17) is 9.47 Å². The third-order valence-corrected chi connectivity index (χ3v) is 7.12. The maximum absolute atomic E-state index is 13.4. The monoisotopic (exact) mass is 563 g/mol. The number of rotatable bonds is 11. The highest BCUT2D eigenvalue weighted by Gasteiger charge is 2.33. The number of ether oxygens (including phenoxy) is 2. The third-order valence-electron chi connectivity index (χ3n) is 5.33. The average molecular weight is 564 g/mol. The number of aryl methyl sites for hydroxylation is 1. The Balaban J connectivity index is 1.87. The Hall–Kier alpha value is -4.06. The smallest absolute Gasteiger partial charge is 0.416 e. The molecule has 208 valence electrons. The number of carbonyl (C=O) groups excluding carboxylic acids is 1. The first-order chi connectivity index (χ1) is 18.5. The van der Waals surface area contributed by atoms with Crippen molar-refractivity contribution in [3.8, 4) is 11.5 Å². The van der Waals surface area contributed by atoms with Crippen LogP contribution in [-0.4, -0.2) is 40.3 Å². The molecule has 0 aliphatic rings. The molecule has 3 rings (SSSR count). The van der Waals surface area contributed by atoms with Gasteiger partial charge in [-0.15, -0.1) is 0 Å².